The summed E-state index contributed by atoms with van der Waals surface area (Å²) in [6, 6.07) is 0. The highest BCUT2D eigenvalue weighted by Crippen LogP contribution is 2.24. The van der Waals surface area contributed by atoms with Crippen LogP contribution in [0.1, 0.15) is 271 Å². The molecule has 2 heteroatoms. The van der Waals surface area contributed by atoms with E-state index in [2.05, 4.69) is 43.0 Å². The van der Waals surface area contributed by atoms with Crippen LogP contribution >= 0.6 is 0 Å². The summed E-state index contributed by atoms with van der Waals surface area (Å²) in [5.74, 6) is 0. The Labute approximate surface area is 311 Å². The molecule has 2 nitrogen and oxygen atoms in total. The van der Waals surface area contributed by atoms with E-state index in [-0.39, 0.29) is 0 Å². The highest BCUT2D eigenvalue weighted by molar-refractivity contribution is 4.97. The molecular weight excluding hydrogens is 593 g/mol. The fourth-order valence-electron chi connectivity index (χ4n) is 8.13. The molecule has 0 bridgehead atoms. The molecule has 1 aliphatic rings. The van der Waals surface area contributed by atoms with Crippen LogP contribution in [-0.4, -0.2) is 29.1 Å². The van der Waals surface area contributed by atoms with E-state index in [4.69, 9.17) is 0 Å². The van der Waals surface area contributed by atoms with Crippen molar-refractivity contribution in [3.63, 3.8) is 0 Å². The lowest BCUT2D eigenvalue weighted by Crippen LogP contribution is -2.39. The van der Waals surface area contributed by atoms with Crippen LogP contribution in [0.3, 0.4) is 0 Å². The molecular formula is C47H94N2. The monoisotopic (exact) mass is 687 g/mol. The third kappa shape index (κ3) is 30.7. The molecule has 0 aromatic rings. The van der Waals surface area contributed by atoms with Crippen LogP contribution in [0.25, 0.3) is 0 Å². The Hall–Kier alpha value is -0.660. The van der Waals surface area contributed by atoms with E-state index in [9.17, 15) is 0 Å². The van der Waals surface area contributed by atoms with Gasteiger partial charge < -0.3 is 9.80 Å². The van der Waals surface area contributed by atoms with E-state index in [1.165, 1.54) is 264 Å². The Bertz CT molecular complexity index is 644. The summed E-state index contributed by atoms with van der Waals surface area (Å²) in [6.45, 7) is 9.49. The maximum Gasteiger partial charge on any atom is 0.101 e. The van der Waals surface area contributed by atoms with Gasteiger partial charge in [0.2, 0.25) is 0 Å². The van der Waals surface area contributed by atoms with E-state index in [1.54, 1.807) is 0 Å². The minimum atomic E-state index is 0.638. The summed E-state index contributed by atoms with van der Waals surface area (Å²) >= 11 is 0. The molecule has 1 heterocycles. The van der Waals surface area contributed by atoms with Crippen molar-refractivity contribution < 1.29 is 0 Å². The lowest BCUT2D eigenvalue weighted by atomic mass is 10.0. The van der Waals surface area contributed by atoms with Gasteiger partial charge >= 0.3 is 0 Å². The molecule has 1 unspecified atom stereocenters. The van der Waals surface area contributed by atoms with Gasteiger partial charge in [-0.3, -0.25) is 0 Å². The van der Waals surface area contributed by atoms with Gasteiger partial charge in [0.25, 0.3) is 0 Å². The highest BCUT2D eigenvalue weighted by Gasteiger charge is 2.24. The number of hydrogen-bond donors (Lipinski definition) is 0. The first-order chi connectivity index (χ1) is 24.3. The molecule has 0 saturated heterocycles. The molecule has 0 N–H and O–H groups in total. The summed E-state index contributed by atoms with van der Waals surface area (Å²) in [5, 5.41) is 0. The van der Waals surface area contributed by atoms with Gasteiger partial charge in [-0.05, 0) is 25.7 Å². The molecule has 0 aliphatic carbocycles. The molecule has 0 saturated carbocycles. The molecule has 0 radical (unpaired) electrons. The third-order valence-corrected chi connectivity index (χ3v) is 11.6. The van der Waals surface area contributed by atoms with Gasteiger partial charge in [0.05, 0.1) is 0 Å². The summed E-state index contributed by atoms with van der Waals surface area (Å²) in [6.07, 6.45) is 61.9. The topological polar surface area (TPSA) is 6.48 Å². The Morgan fingerprint density at radius 1 is 0.265 bits per heavy atom. The zero-order valence-corrected chi connectivity index (χ0v) is 34.6. The van der Waals surface area contributed by atoms with Crippen molar-refractivity contribution in [1.82, 2.24) is 9.80 Å². The van der Waals surface area contributed by atoms with Crippen LogP contribution < -0.4 is 0 Å². The molecule has 1 rings (SSSR count). The van der Waals surface area contributed by atoms with Crippen LogP contribution in [-0.2, 0) is 0 Å². The van der Waals surface area contributed by atoms with Crippen LogP contribution in [0.4, 0.5) is 0 Å². The standard InChI is InChI=1S/C47H94N2/c1-4-7-10-13-16-18-20-22-24-26-28-30-32-34-36-39-42-47-48(43-40-37-15-12-9-6-3)45-46-49(47)44-41-38-35-33-31-29-27-25-23-21-19-17-14-11-8-5-2/h45-47H,4-44H2,1-3H3. The van der Waals surface area contributed by atoms with Crippen LogP contribution in [0.2, 0.25) is 0 Å². The van der Waals surface area contributed by atoms with Crippen molar-refractivity contribution in [3.8, 4) is 0 Å². The maximum atomic E-state index is 2.73. The van der Waals surface area contributed by atoms with Gasteiger partial charge in [0.1, 0.15) is 6.17 Å². The van der Waals surface area contributed by atoms with Crippen molar-refractivity contribution in [2.24, 2.45) is 0 Å². The zero-order valence-electron chi connectivity index (χ0n) is 34.6. The Morgan fingerprint density at radius 3 is 0.714 bits per heavy atom. The van der Waals surface area contributed by atoms with Crippen molar-refractivity contribution in [3.05, 3.63) is 12.4 Å². The van der Waals surface area contributed by atoms with Crippen molar-refractivity contribution >= 4 is 0 Å². The summed E-state index contributed by atoms with van der Waals surface area (Å²) in [5.41, 5.74) is 0. The van der Waals surface area contributed by atoms with Crippen molar-refractivity contribution in [2.75, 3.05) is 13.1 Å². The molecule has 1 aliphatic heterocycles. The van der Waals surface area contributed by atoms with Gasteiger partial charge in [0.15, 0.2) is 0 Å². The van der Waals surface area contributed by atoms with Crippen LogP contribution in [0.5, 0.6) is 0 Å². The van der Waals surface area contributed by atoms with Gasteiger partial charge in [-0.1, -0.05) is 245 Å². The number of unbranched alkanes of at least 4 members (excludes halogenated alkanes) is 35. The predicted octanol–water partition coefficient (Wildman–Crippen LogP) is 16.7. The molecule has 0 fully saturated rings. The van der Waals surface area contributed by atoms with Gasteiger partial charge in [0, 0.05) is 25.5 Å². The number of nitrogens with zero attached hydrogens (tertiary/aromatic N) is 2. The number of rotatable bonds is 41. The summed E-state index contributed by atoms with van der Waals surface area (Å²) in [4.78, 5) is 5.45. The van der Waals surface area contributed by atoms with E-state index >= 15 is 0 Å². The fourth-order valence-corrected chi connectivity index (χ4v) is 8.13. The van der Waals surface area contributed by atoms with Crippen LogP contribution in [0, 0.1) is 0 Å². The fraction of sp³-hybridized carbons (Fsp3) is 0.957. The molecule has 0 amide bonds. The minimum absolute atomic E-state index is 0.638. The largest absolute Gasteiger partial charge is 0.356 e. The summed E-state index contributed by atoms with van der Waals surface area (Å²) in [7, 11) is 0. The molecule has 49 heavy (non-hydrogen) atoms. The molecule has 1 atom stereocenters. The van der Waals surface area contributed by atoms with Crippen molar-refractivity contribution in [2.45, 2.75) is 277 Å². The Balaban J connectivity index is 2.11. The van der Waals surface area contributed by atoms with E-state index < -0.39 is 0 Å². The minimum Gasteiger partial charge on any atom is -0.356 e. The van der Waals surface area contributed by atoms with Crippen molar-refractivity contribution in [1.29, 1.82) is 0 Å². The van der Waals surface area contributed by atoms with Gasteiger partial charge in [-0.25, -0.2) is 0 Å². The second-order valence-corrected chi connectivity index (χ2v) is 16.4. The normalized spacial score (nSPS) is 14.6. The van der Waals surface area contributed by atoms with Crippen LogP contribution in [0.15, 0.2) is 12.4 Å². The molecule has 0 aromatic heterocycles. The maximum absolute atomic E-state index is 2.73. The van der Waals surface area contributed by atoms with E-state index in [0.717, 1.165) is 0 Å². The van der Waals surface area contributed by atoms with E-state index in [1.807, 2.05) is 0 Å². The average molecular weight is 687 g/mol. The first-order valence-electron chi connectivity index (χ1n) is 23.5. The highest BCUT2D eigenvalue weighted by atomic mass is 15.4. The Morgan fingerprint density at radius 2 is 0.469 bits per heavy atom. The average Bonchev–Trinajstić information content (AvgIpc) is 3.50. The lowest BCUT2D eigenvalue weighted by Gasteiger charge is -2.33. The third-order valence-electron chi connectivity index (χ3n) is 11.6. The quantitative estimate of drug-likeness (QED) is 0.0591. The number of hydrogen-bond acceptors (Lipinski definition) is 2. The van der Waals surface area contributed by atoms with Gasteiger partial charge in [-0.15, -0.1) is 0 Å². The first-order valence-corrected chi connectivity index (χ1v) is 23.5. The summed E-state index contributed by atoms with van der Waals surface area (Å²) < 4.78 is 0. The molecule has 0 spiro atoms. The first kappa shape index (κ1) is 46.4. The lowest BCUT2D eigenvalue weighted by molar-refractivity contribution is 0.135. The van der Waals surface area contributed by atoms with Gasteiger partial charge in [-0.2, -0.15) is 0 Å². The smallest absolute Gasteiger partial charge is 0.101 e. The SMILES string of the molecule is CCCCCCCCCCCCCCCCCCC1N(CCCCCCCC)C=CN1CCCCCCCCCCCCCCCCCC. The Kier molecular flexibility index (Phi) is 36.5. The second-order valence-electron chi connectivity index (χ2n) is 16.4. The second kappa shape index (κ2) is 38.6. The predicted molar refractivity (Wildman–Crippen MR) is 223 cm³/mol. The molecule has 292 valence electrons. The van der Waals surface area contributed by atoms with E-state index in [0.29, 0.717) is 6.17 Å². The zero-order chi connectivity index (χ0) is 35.1. The molecule has 0 aromatic carbocycles.